The van der Waals surface area contributed by atoms with Crippen LogP contribution in [-0.4, -0.2) is 47.8 Å². The summed E-state index contributed by atoms with van der Waals surface area (Å²) >= 11 is 0. The molecular weight excluding hydrogens is 467 g/mol. The Balaban J connectivity index is 1.48. The van der Waals surface area contributed by atoms with Crippen LogP contribution < -0.4 is 5.32 Å². The van der Waals surface area contributed by atoms with Crippen molar-refractivity contribution in [3.63, 3.8) is 0 Å². The van der Waals surface area contributed by atoms with Crippen molar-refractivity contribution in [1.82, 2.24) is 15.1 Å². The predicted molar refractivity (Wildman–Crippen MR) is 131 cm³/mol. The van der Waals surface area contributed by atoms with E-state index in [2.05, 4.69) is 5.32 Å². The Morgan fingerprint density at radius 1 is 0.889 bits per heavy atom. The molecule has 5 nitrogen and oxygen atoms in total. The lowest BCUT2D eigenvalue weighted by Crippen LogP contribution is -2.52. The van der Waals surface area contributed by atoms with Gasteiger partial charge in [0.2, 0.25) is 11.8 Å². The van der Waals surface area contributed by atoms with Gasteiger partial charge in [0.15, 0.2) is 0 Å². The molecule has 0 aliphatic carbocycles. The quantitative estimate of drug-likeness (QED) is 0.534. The minimum Gasteiger partial charge on any atom is -0.344 e. The van der Waals surface area contributed by atoms with Crippen molar-refractivity contribution in [1.29, 1.82) is 0 Å². The first-order valence-corrected chi connectivity index (χ1v) is 11.8. The number of hydrogen-bond acceptors (Lipinski definition) is 3. The maximum Gasteiger partial charge on any atom is 0.416 e. The fraction of sp³-hybridized carbons (Fsp3) is 0.286. The van der Waals surface area contributed by atoms with Gasteiger partial charge in [-0.05, 0) is 28.8 Å². The highest BCUT2D eigenvalue weighted by molar-refractivity contribution is 5.79. The molecule has 4 rings (SSSR count). The monoisotopic (exact) mass is 495 g/mol. The maximum absolute atomic E-state index is 13.1. The second-order valence-corrected chi connectivity index (χ2v) is 8.90. The van der Waals surface area contributed by atoms with E-state index in [1.807, 2.05) is 65.6 Å². The summed E-state index contributed by atoms with van der Waals surface area (Å²) in [5, 5.41) is 3.12. The van der Waals surface area contributed by atoms with Gasteiger partial charge in [-0.15, -0.1) is 0 Å². The van der Waals surface area contributed by atoms with E-state index in [0.29, 0.717) is 25.2 Å². The lowest BCUT2D eigenvalue weighted by Gasteiger charge is -2.41. The average Bonchev–Trinajstić information content (AvgIpc) is 2.88. The number of nitrogens with zero attached hydrogens (tertiary/aromatic N) is 2. The summed E-state index contributed by atoms with van der Waals surface area (Å²) in [5.74, 6) is -0.327. The van der Waals surface area contributed by atoms with Crippen LogP contribution in [0.25, 0.3) is 0 Å². The third-order valence-corrected chi connectivity index (χ3v) is 6.43. The molecule has 1 saturated heterocycles. The van der Waals surface area contributed by atoms with Gasteiger partial charge >= 0.3 is 6.18 Å². The van der Waals surface area contributed by atoms with Crippen molar-refractivity contribution in [2.45, 2.75) is 25.2 Å². The Hall–Kier alpha value is -3.65. The molecule has 1 aliphatic heterocycles. The number of benzene rings is 3. The first-order chi connectivity index (χ1) is 17.2. The van der Waals surface area contributed by atoms with Crippen LogP contribution in [0.2, 0.25) is 0 Å². The molecule has 2 amide bonds. The third kappa shape index (κ3) is 6.12. The number of halogens is 3. The summed E-state index contributed by atoms with van der Waals surface area (Å²) < 4.78 is 39.0. The topological polar surface area (TPSA) is 52.7 Å². The summed E-state index contributed by atoms with van der Waals surface area (Å²) in [7, 11) is 0. The van der Waals surface area contributed by atoms with Crippen LogP contribution in [0.1, 0.15) is 41.3 Å². The number of alkyl halides is 3. The zero-order valence-electron chi connectivity index (χ0n) is 19.9. The summed E-state index contributed by atoms with van der Waals surface area (Å²) in [4.78, 5) is 28.9. The molecule has 188 valence electrons. The van der Waals surface area contributed by atoms with Gasteiger partial charge in [0.25, 0.3) is 0 Å². The third-order valence-electron chi connectivity index (χ3n) is 6.43. The lowest BCUT2D eigenvalue weighted by molar-refractivity contribution is -0.138. The fourth-order valence-corrected chi connectivity index (χ4v) is 4.60. The molecule has 0 spiro atoms. The van der Waals surface area contributed by atoms with Gasteiger partial charge < -0.3 is 10.2 Å². The zero-order chi connectivity index (χ0) is 25.7. The van der Waals surface area contributed by atoms with E-state index in [-0.39, 0.29) is 24.4 Å². The second-order valence-electron chi connectivity index (χ2n) is 8.90. The van der Waals surface area contributed by atoms with E-state index in [1.165, 1.54) is 19.1 Å². The Kier molecular flexibility index (Phi) is 7.74. The molecule has 0 radical (unpaired) electrons. The van der Waals surface area contributed by atoms with E-state index >= 15 is 0 Å². The minimum atomic E-state index is -4.43. The molecule has 0 saturated carbocycles. The molecule has 1 N–H and O–H groups in total. The van der Waals surface area contributed by atoms with E-state index in [0.717, 1.165) is 23.3 Å². The van der Waals surface area contributed by atoms with Crippen molar-refractivity contribution in [2.24, 2.45) is 0 Å². The SMILES string of the molecule is CC(=O)N1CCN(CC(=O)NC(c2ccccc2)c2ccccc2)C[C@@H]1c1ccc(C(F)(F)F)cc1. The molecule has 1 atom stereocenters. The van der Waals surface area contributed by atoms with Crippen molar-refractivity contribution in [2.75, 3.05) is 26.2 Å². The van der Waals surface area contributed by atoms with E-state index in [1.54, 1.807) is 4.90 Å². The number of carbonyl (C=O) groups is 2. The van der Waals surface area contributed by atoms with Gasteiger partial charge in [0, 0.05) is 26.6 Å². The highest BCUT2D eigenvalue weighted by Gasteiger charge is 2.33. The molecule has 1 aliphatic rings. The summed E-state index contributed by atoms with van der Waals surface area (Å²) in [6.45, 7) is 2.78. The van der Waals surface area contributed by atoms with Crippen LogP contribution in [0.4, 0.5) is 13.2 Å². The molecule has 0 bridgehead atoms. The van der Waals surface area contributed by atoms with Gasteiger partial charge in [-0.1, -0.05) is 72.8 Å². The van der Waals surface area contributed by atoms with Gasteiger partial charge in [0.05, 0.1) is 24.2 Å². The number of nitrogens with one attached hydrogen (secondary N) is 1. The summed E-state index contributed by atoms with van der Waals surface area (Å²) in [6, 6.07) is 23.5. The molecule has 8 heteroatoms. The zero-order valence-corrected chi connectivity index (χ0v) is 19.9. The van der Waals surface area contributed by atoms with Crippen LogP contribution in [-0.2, 0) is 15.8 Å². The van der Waals surface area contributed by atoms with Crippen LogP contribution in [0, 0.1) is 0 Å². The lowest BCUT2D eigenvalue weighted by atomic mass is 9.98. The Labute approximate surface area is 208 Å². The molecule has 1 fully saturated rings. The molecule has 3 aromatic carbocycles. The van der Waals surface area contributed by atoms with Crippen LogP contribution in [0.3, 0.4) is 0 Å². The van der Waals surface area contributed by atoms with Gasteiger partial charge in [-0.25, -0.2) is 0 Å². The molecule has 3 aromatic rings. The molecule has 0 unspecified atom stereocenters. The van der Waals surface area contributed by atoms with Gasteiger partial charge in [-0.3, -0.25) is 14.5 Å². The highest BCUT2D eigenvalue weighted by Crippen LogP contribution is 2.32. The Morgan fingerprint density at radius 2 is 1.44 bits per heavy atom. The van der Waals surface area contributed by atoms with E-state index < -0.39 is 17.8 Å². The van der Waals surface area contributed by atoms with Crippen molar-refractivity contribution in [3.05, 3.63) is 107 Å². The van der Waals surface area contributed by atoms with Crippen molar-refractivity contribution >= 4 is 11.8 Å². The summed E-state index contributed by atoms with van der Waals surface area (Å²) in [5.41, 5.74) is 1.79. The first-order valence-electron chi connectivity index (χ1n) is 11.8. The predicted octanol–water partition coefficient (Wildman–Crippen LogP) is 4.82. The molecule has 0 aromatic heterocycles. The number of hydrogen-bond donors (Lipinski definition) is 1. The van der Waals surface area contributed by atoms with Crippen LogP contribution in [0.5, 0.6) is 0 Å². The van der Waals surface area contributed by atoms with Gasteiger partial charge in [-0.2, -0.15) is 13.2 Å². The van der Waals surface area contributed by atoms with Crippen LogP contribution >= 0.6 is 0 Å². The first kappa shape index (κ1) is 25.4. The number of carbonyl (C=O) groups excluding carboxylic acids is 2. The number of piperazine rings is 1. The smallest absolute Gasteiger partial charge is 0.344 e. The molecule has 1 heterocycles. The van der Waals surface area contributed by atoms with Crippen molar-refractivity contribution in [3.8, 4) is 0 Å². The molecular formula is C28H28F3N3O2. The highest BCUT2D eigenvalue weighted by atomic mass is 19.4. The largest absolute Gasteiger partial charge is 0.416 e. The minimum absolute atomic E-state index is 0.110. The second kappa shape index (κ2) is 11.0. The van der Waals surface area contributed by atoms with E-state index in [4.69, 9.17) is 0 Å². The van der Waals surface area contributed by atoms with Gasteiger partial charge in [0.1, 0.15) is 0 Å². The van der Waals surface area contributed by atoms with Crippen molar-refractivity contribution < 1.29 is 22.8 Å². The average molecular weight is 496 g/mol. The Bertz CT molecular complexity index is 1130. The standard InChI is InChI=1S/C28H28F3N3O2/c1-20(35)34-17-16-33(18-25(34)21-12-14-24(15-13-21)28(29,30)31)19-26(36)32-27(22-8-4-2-5-9-22)23-10-6-3-7-11-23/h2-15,25,27H,16-19H2,1H3,(H,32,36)/t25-/m1/s1. The van der Waals surface area contributed by atoms with E-state index in [9.17, 15) is 22.8 Å². The Morgan fingerprint density at radius 3 is 1.94 bits per heavy atom. The number of rotatable bonds is 6. The normalized spacial score (nSPS) is 16.7. The fourth-order valence-electron chi connectivity index (χ4n) is 4.60. The van der Waals surface area contributed by atoms with Crippen LogP contribution in [0.15, 0.2) is 84.9 Å². The summed E-state index contributed by atoms with van der Waals surface area (Å²) in [6.07, 6.45) is -4.43. The maximum atomic E-state index is 13.1. The molecule has 36 heavy (non-hydrogen) atoms. The number of amides is 2.